The molecule has 19 heavy (non-hydrogen) atoms. The first kappa shape index (κ1) is 19.4. The van der Waals surface area contributed by atoms with Crippen LogP contribution in [0, 0.1) is 6.92 Å². The minimum absolute atomic E-state index is 0.00241. The fraction of sp³-hybridized carbons (Fsp3) is 0.385. The molecule has 0 heterocycles. The summed E-state index contributed by atoms with van der Waals surface area (Å²) in [6, 6.07) is 5.61. The number of carboxylic acids is 2. The second-order valence-electron chi connectivity index (χ2n) is 3.57. The van der Waals surface area contributed by atoms with Crippen molar-refractivity contribution in [2.75, 3.05) is 0 Å². The van der Waals surface area contributed by atoms with Crippen LogP contribution in [0.2, 0.25) is 0 Å². The normalized spacial score (nSPS) is 8.47. The fourth-order valence-electron chi connectivity index (χ4n) is 1.14. The number of rotatable bonds is 2. The average Bonchev–Trinajstić information content (AvgIpc) is 2.27. The van der Waals surface area contributed by atoms with Crippen molar-refractivity contribution in [1.29, 1.82) is 0 Å². The number of aliphatic carboxylic acids is 2. The van der Waals surface area contributed by atoms with E-state index in [9.17, 15) is 0 Å². The molecule has 0 aliphatic rings. The molecule has 0 aromatic heterocycles. The predicted octanol–water partition coefficient (Wildman–Crippen LogP) is 1.16. The summed E-state index contributed by atoms with van der Waals surface area (Å²) in [7, 11) is 0. The highest BCUT2D eigenvalue weighted by atomic mass is 16.4. The molecule has 0 radical (unpaired) electrons. The molecular formula is C13H20O6. The van der Waals surface area contributed by atoms with Gasteiger partial charge in [0.1, 0.15) is 0 Å². The van der Waals surface area contributed by atoms with Gasteiger partial charge < -0.3 is 20.4 Å². The zero-order valence-electron chi connectivity index (χ0n) is 11.3. The monoisotopic (exact) mass is 272 g/mol. The first-order valence-electron chi connectivity index (χ1n) is 5.44. The first-order chi connectivity index (χ1) is 8.76. The second kappa shape index (κ2) is 11.2. The van der Waals surface area contributed by atoms with Gasteiger partial charge in [0, 0.05) is 13.8 Å². The van der Waals surface area contributed by atoms with Gasteiger partial charge in [-0.2, -0.15) is 0 Å². The van der Waals surface area contributed by atoms with Gasteiger partial charge in [0.05, 0.1) is 13.2 Å². The second-order valence-corrected chi connectivity index (χ2v) is 3.57. The zero-order valence-corrected chi connectivity index (χ0v) is 11.3. The number of carbonyl (C=O) groups is 2. The van der Waals surface area contributed by atoms with E-state index in [-0.39, 0.29) is 13.2 Å². The van der Waals surface area contributed by atoms with E-state index < -0.39 is 11.9 Å². The molecule has 0 bridgehead atoms. The molecule has 0 aliphatic heterocycles. The molecule has 0 unspecified atom stereocenters. The van der Waals surface area contributed by atoms with E-state index in [4.69, 9.17) is 30.0 Å². The van der Waals surface area contributed by atoms with E-state index in [1.807, 2.05) is 25.1 Å². The van der Waals surface area contributed by atoms with Crippen molar-refractivity contribution < 1.29 is 30.0 Å². The number of aliphatic hydroxyl groups is 2. The Labute approximate surface area is 111 Å². The van der Waals surface area contributed by atoms with Crippen LogP contribution in [-0.2, 0) is 22.8 Å². The lowest BCUT2D eigenvalue weighted by atomic mass is 10.0. The molecule has 4 N–H and O–H groups in total. The van der Waals surface area contributed by atoms with Crippen LogP contribution in [0.1, 0.15) is 30.5 Å². The number of aryl methyl sites for hydroxylation is 1. The summed E-state index contributed by atoms with van der Waals surface area (Å²) < 4.78 is 0. The molecule has 6 nitrogen and oxygen atoms in total. The van der Waals surface area contributed by atoms with Crippen LogP contribution < -0.4 is 0 Å². The largest absolute Gasteiger partial charge is 0.481 e. The lowest BCUT2D eigenvalue weighted by molar-refractivity contribution is -0.135. The highest BCUT2D eigenvalue weighted by Crippen LogP contribution is 2.13. The van der Waals surface area contributed by atoms with Crippen LogP contribution in [-0.4, -0.2) is 32.4 Å². The highest BCUT2D eigenvalue weighted by molar-refractivity contribution is 5.63. The molecule has 0 aliphatic carbocycles. The van der Waals surface area contributed by atoms with Crippen molar-refractivity contribution in [2.24, 2.45) is 0 Å². The number of carboxylic acid groups (broad SMARTS) is 2. The molecule has 108 valence electrons. The van der Waals surface area contributed by atoms with Crippen molar-refractivity contribution in [3.63, 3.8) is 0 Å². The Balaban J connectivity index is 0. The van der Waals surface area contributed by atoms with Crippen LogP contribution in [0.25, 0.3) is 0 Å². The molecule has 6 heteroatoms. The maximum Gasteiger partial charge on any atom is 0.300 e. The van der Waals surface area contributed by atoms with Crippen LogP contribution in [0.15, 0.2) is 18.2 Å². The predicted molar refractivity (Wildman–Crippen MR) is 69.6 cm³/mol. The van der Waals surface area contributed by atoms with Gasteiger partial charge in [-0.05, 0) is 23.6 Å². The highest BCUT2D eigenvalue weighted by Gasteiger charge is 2.01. The summed E-state index contributed by atoms with van der Waals surface area (Å²) in [5.41, 5.74) is 2.68. The molecule has 1 aromatic carbocycles. The number of hydrogen-bond donors (Lipinski definition) is 4. The molecule has 0 spiro atoms. The lowest BCUT2D eigenvalue weighted by Crippen LogP contribution is -1.96. The van der Waals surface area contributed by atoms with E-state index in [0.29, 0.717) is 0 Å². The van der Waals surface area contributed by atoms with E-state index in [1.54, 1.807) is 0 Å². The van der Waals surface area contributed by atoms with Crippen molar-refractivity contribution >= 4 is 11.9 Å². The molecule has 0 saturated carbocycles. The minimum Gasteiger partial charge on any atom is -0.481 e. The SMILES string of the molecule is CC(=O)O.CC(=O)O.Cc1cccc(CO)c1CO. The van der Waals surface area contributed by atoms with E-state index in [0.717, 1.165) is 30.5 Å². The lowest BCUT2D eigenvalue weighted by Gasteiger charge is -2.06. The van der Waals surface area contributed by atoms with Gasteiger partial charge >= 0.3 is 0 Å². The summed E-state index contributed by atoms with van der Waals surface area (Å²) in [6.45, 7) is 4.09. The Morgan fingerprint density at radius 2 is 1.42 bits per heavy atom. The van der Waals surface area contributed by atoms with Crippen molar-refractivity contribution in [3.05, 3.63) is 34.9 Å². The number of aliphatic hydroxyl groups excluding tert-OH is 2. The van der Waals surface area contributed by atoms with Gasteiger partial charge in [-0.15, -0.1) is 0 Å². The smallest absolute Gasteiger partial charge is 0.300 e. The summed E-state index contributed by atoms with van der Waals surface area (Å²) in [4.78, 5) is 18.0. The quantitative estimate of drug-likeness (QED) is 0.642. The summed E-state index contributed by atoms with van der Waals surface area (Å²) in [5.74, 6) is -1.67. The van der Waals surface area contributed by atoms with Crippen LogP contribution >= 0.6 is 0 Å². The van der Waals surface area contributed by atoms with Crippen LogP contribution in [0.4, 0.5) is 0 Å². The Bertz CT molecular complexity index is 380. The third-order valence-corrected chi connectivity index (χ3v) is 1.84. The van der Waals surface area contributed by atoms with Crippen LogP contribution in [0.3, 0.4) is 0 Å². The Kier molecular flexibility index (Phi) is 11.4. The zero-order chi connectivity index (χ0) is 15.4. The molecule has 1 rings (SSSR count). The Morgan fingerprint density at radius 1 is 1.00 bits per heavy atom. The topological polar surface area (TPSA) is 115 Å². The fourth-order valence-corrected chi connectivity index (χ4v) is 1.14. The van der Waals surface area contributed by atoms with Gasteiger partial charge in [0.2, 0.25) is 0 Å². The van der Waals surface area contributed by atoms with Gasteiger partial charge in [-0.3, -0.25) is 9.59 Å². The standard InChI is InChI=1S/C9H12O2.2C2H4O2/c1-7-3-2-4-8(5-10)9(7)6-11;2*1-2(3)4/h2-4,10-11H,5-6H2,1H3;2*1H3,(H,3,4). The van der Waals surface area contributed by atoms with E-state index in [1.165, 1.54) is 0 Å². The molecule has 1 aromatic rings. The maximum absolute atomic E-state index is 9.00. The molecular weight excluding hydrogens is 252 g/mol. The minimum atomic E-state index is -0.833. The molecule has 0 amide bonds. The van der Waals surface area contributed by atoms with Gasteiger partial charge in [-0.25, -0.2) is 0 Å². The maximum atomic E-state index is 9.00. The third-order valence-electron chi connectivity index (χ3n) is 1.84. The number of hydrogen-bond acceptors (Lipinski definition) is 4. The third kappa shape index (κ3) is 12.3. The van der Waals surface area contributed by atoms with Gasteiger partial charge in [0.25, 0.3) is 11.9 Å². The average molecular weight is 272 g/mol. The van der Waals surface area contributed by atoms with Crippen molar-refractivity contribution in [2.45, 2.75) is 34.0 Å². The van der Waals surface area contributed by atoms with E-state index in [2.05, 4.69) is 0 Å². The van der Waals surface area contributed by atoms with Crippen molar-refractivity contribution in [3.8, 4) is 0 Å². The molecule has 0 atom stereocenters. The van der Waals surface area contributed by atoms with Gasteiger partial charge in [0.15, 0.2) is 0 Å². The van der Waals surface area contributed by atoms with E-state index >= 15 is 0 Å². The van der Waals surface area contributed by atoms with Crippen molar-refractivity contribution in [1.82, 2.24) is 0 Å². The summed E-state index contributed by atoms with van der Waals surface area (Å²) >= 11 is 0. The van der Waals surface area contributed by atoms with Gasteiger partial charge in [-0.1, -0.05) is 18.2 Å². The molecule has 0 saturated heterocycles. The Hall–Kier alpha value is -1.92. The summed E-state index contributed by atoms with van der Waals surface area (Å²) in [5, 5.41) is 32.6. The number of benzene rings is 1. The first-order valence-corrected chi connectivity index (χ1v) is 5.44. The van der Waals surface area contributed by atoms with Crippen LogP contribution in [0.5, 0.6) is 0 Å². The molecule has 0 fully saturated rings. The Morgan fingerprint density at radius 3 is 1.68 bits per heavy atom. The summed E-state index contributed by atoms with van der Waals surface area (Å²) in [6.07, 6.45) is 0.